The van der Waals surface area contributed by atoms with Gasteiger partial charge < -0.3 is 4.74 Å². The molecule has 0 aromatic rings. The van der Waals surface area contributed by atoms with Gasteiger partial charge in [-0.2, -0.15) is 0 Å². The van der Waals surface area contributed by atoms with Crippen LogP contribution in [0.1, 0.15) is 0 Å². The molecule has 1 N–H and O–H groups in total. The molecule has 3 heteroatoms. The van der Waals surface area contributed by atoms with Crippen LogP contribution in [-0.2, 0) is 4.74 Å². The van der Waals surface area contributed by atoms with Crippen LogP contribution in [0.15, 0.2) is 0 Å². The van der Waals surface area contributed by atoms with Crippen LogP contribution in [0.3, 0.4) is 0 Å². The molecular weight excluding hydrogens is 146 g/mol. The van der Waals surface area contributed by atoms with Crippen molar-refractivity contribution in [3.05, 3.63) is 6.73 Å². The summed E-state index contributed by atoms with van der Waals surface area (Å²) < 4.78 is 4.77. The van der Waals surface area contributed by atoms with E-state index in [0.29, 0.717) is 4.95 Å². The average Bonchev–Trinajstić information content (AvgIpc) is 1.86. The zero-order valence-electron chi connectivity index (χ0n) is 3.15. The Balaban J connectivity index is 2.18. The highest BCUT2D eigenvalue weighted by molar-refractivity contribution is 9.09. The van der Waals surface area contributed by atoms with Gasteiger partial charge in [-0.1, -0.05) is 15.9 Å². The predicted octanol–water partition coefficient (Wildman–Crippen LogP) is 0.446. The van der Waals surface area contributed by atoms with Gasteiger partial charge in [-0.15, -0.1) is 0 Å². The normalized spacial score (nSPS) is 34.5. The lowest BCUT2D eigenvalue weighted by atomic mass is 10.7. The summed E-state index contributed by atoms with van der Waals surface area (Å²) in [5, 5.41) is 2.89. The molecule has 1 rings (SSSR count). The molecule has 0 saturated carbocycles. The summed E-state index contributed by atoms with van der Waals surface area (Å²) in [5.74, 6) is 0. The minimum atomic E-state index is 0.331. The van der Waals surface area contributed by atoms with E-state index in [2.05, 4.69) is 21.2 Å². The molecule has 0 aromatic heterocycles. The van der Waals surface area contributed by atoms with Crippen molar-refractivity contribution in [2.45, 2.75) is 4.95 Å². The molecule has 0 aromatic carbocycles. The number of hydrogen-bond acceptors (Lipinski definition) is 2. The van der Waals surface area contributed by atoms with Crippen molar-refractivity contribution in [1.29, 1.82) is 0 Å². The molecule has 0 amide bonds. The van der Waals surface area contributed by atoms with Crippen LogP contribution in [0.2, 0.25) is 0 Å². The van der Waals surface area contributed by atoms with E-state index in [9.17, 15) is 0 Å². The predicted molar refractivity (Wildman–Crippen MR) is 26.1 cm³/mol. The molecule has 0 bridgehead atoms. The molecule has 1 aliphatic rings. The lowest BCUT2D eigenvalue weighted by Crippen LogP contribution is -2.12. The molecule has 2 nitrogen and oxygen atoms in total. The third-order valence-electron chi connectivity index (χ3n) is 0.575. The fourth-order valence-electron chi connectivity index (χ4n) is 0.303. The standard InChI is InChI=1S/C3H5BrNO/c4-3-1-6-2-5-3/h2-3,5H,1H2. The molecule has 35 valence electrons. The Hall–Kier alpha value is 0.400. The highest BCUT2D eigenvalue weighted by Gasteiger charge is 2.08. The first-order chi connectivity index (χ1) is 2.89. The molecule has 1 fully saturated rings. The Kier molecular flexibility index (Phi) is 1.45. The fraction of sp³-hybridized carbons (Fsp3) is 0.667. The maximum atomic E-state index is 4.77. The van der Waals surface area contributed by atoms with Crippen molar-refractivity contribution in [2.75, 3.05) is 6.61 Å². The average molecular weight is 151 g/mol. The topological polar surface area (TPSA) is 21.3 Å². The van der Waals surface area contributed by atoms with Crippen LogP contribution in [0.4, 0.5) is 0 Å². The zero-order valence-corrected chi connectivity index (χ0v) is 4.73. The quantitative estimate of drug-likeness (QED) is 0.400. The van der Waals surface area contributed by atoms with Gasteiger partial charge in [-0.05, 0) is 0 Å². The minimum absolute atomic E-state index is 0.331. The summed E-state index contributed by atoms with van der Waals surface area (Å²) in [4.78, 5) is 0.331. The Morgan fingerprint density at radius 1 is 2.00 bits per heavy atom. The van der Waals surface area contributed by atoms with Gasteiger partial charge in [-0.3, -0.25) is 5.32 Å². The molecule has 1 atom stereocenters. The highest BCUT2D eigenvalue weighted by Crippen LogP contribution is 2.02. The molecule has 1 aliphatic heterocycles. The second-order valence-corrected chi connectivity index (χ2v) is 2.19. The van der Waals surface area contributed by atoms with Gasteiger partial charge in [0.25, 0.3) is 0 Å². The maximum absolute atomic E-state index is 4.77. The lowest BCUT2D eigenvalue weighted by molar-refractivity contribution is 0.254. The summed E-state index contributed by atoms with van der Waals surface area (Å²) in [7, 11) is 0. The Bertz CT molecular complexity index is 44.1. The van der Waals surface area contributed by atoms with Gasteiger partial charge in [0.1, 0.15) is 6.73 Å². The largest absolute Gasteiger partial charge is 0.357 e. The highest BCUT2D eigenvalue weighted by atomic mass is 79.9. The van der Waals surface area contributed by atoms with Crippen molar-refractivity contribution in [3.63, 3.8) is 0 Å². The van der Waals surface area contributed by atoms with Gasteiger partial charge in [-0.25, -0.2) is 0 Å². The van der Waals surface area contributed by atoms with Gasteiger partial charge in [0.05, 0.1) is 11.6 Å². The first-order valence-electron chi connectivity index (χ1n) is 1.73. The van der Waals surface area contributed by atoms with Gasteiger partial charge >= 0.3 is 0 Å². The van der Waals surface area contributed by atoms with Crippen LogP contribution < -0.4 is 5.32 Å². The number of alkyl halides is 1. The summed E-state index contributed by atoms with van der Waals surface area (Å²) in [6, 6.07) is 0. The Morgan fingerprint density at radius 3 is 3.00 bits per heavy atom. The van der Waals surface area contributed by atoms with E-state index >= 15 is 0 Å². The summed E-state index contributed by atoms with van der Waals surface area (Å²) in [5.41, 5.74) is 0. The zero-order chi connectivity index (χ0) is 4.41. The maximum Gasteiger partial charge on any atom is 0.149 e. The van der Waals surface area contributed by atoms with Crippen LogP contribution in [0.5, 0.6) is 0 Å². The van der Waals surface area contributed by atoms with Crippen LogP contribution in [0.25, 0.3) is 0 Å². The fourth-order valence-corrected chi connectivity index (χ4v) is 0.563. The van der Waals surface area contributed by atoms with Crippen LogP contribution >= 0.6 is 15.9 Å². The second kappa shape index (κ2) is 1.91. The number of halogens is 1. The first-order valence-corrected chi connectivity index (χ1v) is 2.64. The molecule has 1 radical (unpaired) electrons. The summed E-state index contributed by atoms with van der Waals surface area (Å²) in [6.07, 6.45) is 0. The molecule has 0 aliphatic carbocycles. The number of rotatable bonds is 0. The minimum Gasteiger partial charge on any atom is -0.357 e. The Labute approximate surface area is 45.0 Å². The number of ether oxygens (including phenoxy) is 1. The van der Waals surface area contributed by atoms with E-state index in [0.717, 1.165) is 6.61 Å². The molecule has 1 saturated heterocycles. The van der Waals surface area contributed by atoms with Crippen molar-refractivity contribution >= 4 is 15.9 Å². The van der Waals surface area contributed by atoms with Crippen molar-refractivity contribution < 1.29 is 4.74 Å². The van der Waals surface area contributed by atoms with Crippen molar-refractivity contribution in [1.82, 2.24) is 5.32 Å². The van der Waals surface area contributed by atoms with Crippen LogP contribution in [-0.4, -0.2) is 11.6 Å². The van der Waals surface area contributed by atoms with Crippen molar-refractivity contribution in [2.24, 2.45) is 0 Å². The van der Waals surface area contributed by atoms with E-state index in [-0.39, 0.29) is 0 Å². The molecule has 0 spiro atoms. The number of nitrogens with one attached hydrogen (secondary N) is 1. The molecule has 1 heterocycles. The van der Waals surface area contributed by atoms with Gasteiger partial charge in [0.2, 0.25) is 0 Å². The van der Waals surface area contributed by atoms with E-state index in [1.54, 1.807) is 6.73 Å². The van der Waals surface area contributed by atoms with E-state index in [1.807, 2.05) is 0 Å². The molecule has 1 unspecified atom stereocenters. The van der Waals surface area contributed by atoms with Crippen LogP contribution in [0, 0.1) is 6.73 Å². The monoisotopic (exact) mass is 150 g/mol. The second-order valence-electron chi connectivity index (χ2n) is 1.09. The van der Waals surface area contributed by atoms with E-state index in [4.69, 9.17) is 4.74 Å². The number of hydrogen-bond donors (Lipinski definition) is 1. The van der Waals surface area contributed by atoms with E-state index < -0.39 is 0 Å². The van der Waals surface area contributed by atoms with Crippen molar-refractivity contribution in [3.8, 4) is 0 Å². The smallest absolute Gasteiger partial charge is 0.149 e. The summed E-state index contributed by atoms with van der Waals surface area (Å²) >= 11 is 3.27. The van der Waals surface area contributed by atoms with Gasteiger partial charge in [0, 0.05) is 0 Å². The van der Waals surface area contributed by atoms with Gasteiger partial charge in [0.15, 0.2) is 0 Å². The lowest BCUT2D eigenvalue weighted by Gasteiger charge is -1.88. The summed E-state index contributed by atoms with van der Waals surface area (Å²) in [6.45, 7) is 2.32. The van der Waals surface area contributed by atoms with E-state index in [1.165, 1.54) is 0 Å². The molecular formula is C3H5BrNO. The third-order valence-corrected chi connectivity index (χ3v) is 1.10. The third kappa shape index (κ3) is 0.929. The SMILES string of the molecule is BrC1CO[CH]N1. The first kappa shape index (κ1) is 4.56. The Morgan fingerprint density at radius 2 is 2.83 bits per heavy atom. The molecule has 6 heavy (non-hydrogen) atoms.